The molecule has 2 aromatic rings. The average Bonchev–Trinajstić information content (AvgIpc) is 2.79. The third-order valence-electron chi connectivity index (χ3n) is 3.17. The van der Waals surface area contributed by atoms with E-state index >= 15 is 0 Å². The van der Waals surface area contributed by atoms with Gasteiger partial charge >= 0.3 is 0 Å². The SMILES string of the molecule is CCCn1ncc(Br)c1C(NC)c1cc(F)c(F)c(F)c1. The molecule has 0 aliphatic heterocycles. The molecule has 0 saturated heterocycles. The van der Waals surface area contributed by atoms with E-state index in [0.29, 0.717) is 12.1 Å². The van der Waals surface area contributed by atoms with E-state index in [-0.39, 0.29) is 0 Å². The predicted octanol–water partition coefficient (Wildman–Crippen LogP) is 3.78. The lowest BCUT2D eigenvalue weighted by molar-refractivity contribution is 0.441. The van der Waals surface area contributed by atoms with Gasteiger partial charge in [-0.05, 0) is 47.1 Å². The first-order chi connectivity index (χ1) is 9.99. The van der Waals surface area contributed by atoms with Crippen molar-refractivity contribution in [2.75, 3.05) is 7.05 Å². The number of nitrogens with one attached hydrogen (secondary N) is 1. The number of rotatable bonds is 5. The van der Waals surface area contributed by atoms with Crippen LogP contribution in [0.3, 0.4) is 0 Å². The molecule has 21 heavy (non-hydrogen) atoms. The van der Waals surface area contributed by atoms with E-state index in [1.54, 1.807) is 17.9 Å². The van der Waals surface area contributed by atoms with Crippen molar-refractivity contribution in [3.8, 4) is 0 Å². The molecule has 1 aromatic heterocycles. The lowest BCUT2D eigenvalue weighted by Crippen LogP contribution is -2.22. The number of hydrogen-bond donors (Lipinski definition) is 1. The highest BCUT2D eigenvalue weighted by Gasteiger charge is 2.23. The molecular formula is C14H15BrF3N3. The third kappa shape index (κ3) is 3.13. The monoisotopic (exact) mass is 361 g/mol. The van der Waals surface area contributed by atoms with E-state index in [2.05, 4.69) is 26.3 Å². The van der Waals surface area contributed by atoms with Crippen molar-refractivity contribution in [1.29, 1.82) is 0 Å². The fraction of sp³-hybridized carbons (Fsp3) is 0.357. The van der Waals surface area contributed by atoms with Gasteiger partial charge < -0.3 is 5.32 Å². The second-order valence-electron chi connectivity index (χ2n) is 4.62. The molecule has 114 valence electrons. The minimum atomic E-state index is -1.46. The maximum Gasteiger partial charge on any atom is 0.194 e. The summed E-state index contributed by atoms with van der Waals surface area (Å²) in [6.07, 6.45) is 2.50. The first-order valence-corrected chi connectivity index (χ1v) is 7.31. The second kappa shape index (κ2) is 6.62. The molecule has 1 aromatic carbocycles. The zero-order valence-electron chi connectivity index (χ0n) is 11.6. The third-order valence-corrected chi connectivity index (χ3v) is 3.78. The van der Waals surface area contributed by atoms with Gasteiger partial charge in [0.1, 0.15) is 0 Å². The van der Waals surface area contributed by atoms with Crippen molar-refractivity contribution in [1.82, 2.24) is 15.1 Å². The van der Waals surface area contributed by atoms with Gasteiger partial charge in [0.05, 0.1) is 22.4 Å². The molecule has 2 rings (SSSR count). The van der Waals surface area contributed by atoms with Crippen LogP contribution in [-0.4, -0.2) is 16.8 Å². The van der Waals surface area contributed by atoms with Gasteiger partial charge in [-0.3, -0.25) is 4.68 Å². The Bertz CT molecular complexity index is 619. The van der Waals surface area contributed by atoms with E-state index in [0.717, 1.165) is 28.7 Å². The van der Waals surface area contributed by atoms with Crippen molar-refractivity contribution < 1.29 is 13.2 Å². The zero-order chi connectivity index (χ0) is 15.6. The van der Waals surface area contributed by atoms with Crippen LogP contribution >= 0.6 is 15.9 Å². The number of halogens is 4. The molecule has 1 atom stereocenters. The van der Waals surface area contributed by atoms with Gasteiger partial charge in [0, 0.05) is 6.54 Å². The van der Waals surface area contributed by atoms with E-state index < -0.39 is 23.5 Å². The normalized spacial score (nSPS) is 12.7. The zero-order valence-corrected chi connectivity index (χ0v) is 13.2. The molecule has 0 fully saturated rings. The Kier molecular flexibility index (Phi) is 5.05. The van der Waals surface area contributed by atoms with Crippen LogP contribution in [-0.2, 0) is 6.54 Å². The van der Waals surface area contributed by atoms with Crippen LogP contribution < -0.4 is 5.32 Å². The van der Waals surface area contributed by atoms with Gasteiger partial charge in [-0.15, -0.1) is 0 Å². The summed E-state index contributed by atoms with van der Waals surface area (Å²) >= 11 is 3.39. The molecule has 1 unspecified atom stereocenters. The van der Waals surface area contributed by atoms with Gasteiger partial charge in [0.15, 0.2) is 17.5 Å². The topological polar surface area (TPSA) is 29.9 Å². The van der Waals surface area contributed by atoms with Gasteiger partial charge in [0.25, 0.3) is 0 Å². The summed E-state index contributed by atoms with van der Waals surface area (Å²) in [4.78, 5) is 0. The highest BCUT2D eigenvalue weighted by molar-refractivity contribution is 9.10. The Morgan fingerprint density at radius 3 is 2.43 bits per heavy atom. The van der Waals surface area contributed by atoms with Gasteiger partial charge in [-0.1, -0.05) is 6.92 Å². The first kappa shape index (κ1) is 16.0. The quantitative estimate of drug-likeness (QED) is 0.821. The molecule has 0 spiro atoms. The Morgan fingerprint density at radius 2 is 1.90 bits per heavy atom. The maximum atomic E-state index is 13.5. The lowest BCUT2D eigenvalue weighted by Gasteiger charge is -2.19. The lowest BCUT2D eigenvalue weighted by atomic mass is 10.0. The smallest absolute Gasteiger partial charge is 0.194 e. The number of hydrogen-bond acceptors (Lipinski definition) is 2. The molecule has 0 amide bonds. The van der Waals surface area contributed by atoms with Crippen LogP contribution in [0, 0.1) is 17.5 Å². The summed E-state index contributed by atoms with van der Waals surface area (Å²) in [6, 6.07) is 1.49. The van der Waals surface area contributed by atoms with Crippen molar-refractivity contribution in [3.63, 3.8) is 0 Å². The van der Waals surface area contributed by atoms with Crippen LogP contribution in [0.4, 0.5) is 13.2 Å². The molecule has 0 bridgehead atoms. The fourth-order valence-corrected chi connectivity index (χ4v) is 2.78. The van der Waals surface area contributed by atoms with E-state index in [1.165, 1.54) is 0 Å². The molecule has 1 N–H and O–H groups in total. The summed E-state index contributed by atoms with van der Waals surface area (Å²) in [7, 11) is 1.67. The van der Waals surface area contributed by atoms with E-state index in [9.17, 15) is 13.2 Å². The first-order valence-electron chi connectivity index (χ1n) is 6.52. The van der Waals surface area contributed by atoms with Crippen molar-refractivity contribution in [2.45, 2.75) is 25.9 Å². The van der Waals surface area contributed by atoms with Crippen molar-refractivity contribution in [3.05, 3.63) is 51.5 Å². The molecule has 3 nitrogen and oxygen atoms in total. The minimum Gasteiger partial charge on any atom is -0.308 e. The van der Waals surface area contributed by atoms with Crippen LogP contribution in [0.25, 0.3) is 0 Å². The molecule has 0 radical (unpaired) electrons. The van der Waals surface area contributed by atoms with Crippen molar-refractivity contribution in [2.24, 2.45) is 0 Å². The standard InChI is InChI=1S/C14H15BrF3N3/c1-3-4-21-14(9(15)7-20-21)13(19-2)8-5-10(16)12(18)11(17)6-8/h5-7,13,19H,3-4H2,1-2H3. The average molecular weight is 362 g/mol. The number of aryl methyl sites for hydroxylation is 1. The van der Waals surface area contributed by atoms with Gasteiger partial charge in [-0.25, -0.2) is 13.2 Å². The minimum absolute atomic E-state index is 0.299. The largest absolute Gasteiger partial charge is 0.308 e. The molecule has 0 saturated carbocycles. The Labute approximate surface area is 129 Å². The number of nitrogens with zero attached hydrogens (tertiary/aromatic N) is 2. The van der Waals surface area contributed by atoms with Crippen LogP contribution in [0.1, 0.15) is 30.6 Å². The molecule has 1 heterocycles. The Morgan fingerprint density at radius 1 is 1.29 bits per heavy atom. The highest BCUT2D eigenvalue weighted by Crippen LogP contribution is 2.30. The van der Waals surface area contributed by atoms with Gasteiger partial charge in [-0.2, -0.15) is 5.10 Å². The molecule has 7 heteroatoms. The van der Waals surface area contributed by atoms with Crippen LogP contribution in [0.5, 0.6) is 0 Å². The van der Waals surface area contributed by atoms with E-state index in [1.807, 2.05) is 6.92 Å². The summed E-state index contributed by atoms with van der Waals surface area (Å²) in [5.74, 6) is -3.87. The molecule has 0 aliphatic carbocycles. The van der Waals surface area contributed by atoms with Gasteiger partial charge in [0.2, 0.25) is 0 Å². The predicted molar refractivity (Wildman–Crippen MR) is 77.4 cm³/mol. The summed E-state index contributed by atoms with van der Waals surface area (Å²) < 4.78 is 42.5. The number of benzene rings is 1. The second-order valence-corrected chi connectivity index (χ2v) is 5.48. The molecular weight excluding hydrogens is 347 g/mol. The summed E-state index contributed by atoms with van der Waals surface area (Å²) in [5.41, 5.74) is 1.04. The Hall–Kier alpha value is -1.34. The maximum absolute atomic E-state index is 13.5. The van der Waals surface area contributed by atoms with Crippen LogP contribution in [0.2, 0.25) is 0 Å². The van der Waals surface area contributed by atoms with Crippen molar-refractivity contribution >= 4 is 15.9 Å². The highest BCUT2D eigenvalue weighted by atomic mass is 79.9. The fourth-order valence-electron chi connectivity index (χ4n) is 2.25. The molecule has 0 aliphatic rings. The number of aromatic nitrogens is 2. The van der Waals surface area contributed by atoms with Crippen LogP contribution in [0.15, 0.2) is 22.8 Å². The van der Waals surface area contributed by atoms with E-state index in [4.69, 9.17) is 0 Å². The Balaban J connectivity index is 2.52. The summed E-state index contributed by atoms with van der Waals surface area (Å²) in [6.45, 7) is 2.68. The summed E-state index contributed by atoms with van der Waals surface area (Å²) in [5, 5.41) is 7.22.